The van der Waals surface area contributed by atoms with Gasteiger partial charge in [0, 0.05) is 0 Å². The van der Waals surface area contributed by atoms with Crippen LogP contribution in [0.4, 0.5) is 0 Å². The molecule has 1 aromatic rings. The van der Waals surface area contributed by atoms with Crippen LogP contribution in [-0.4, -0.2) is 13.7 Å². The molecule has 78 valence electrons. The van der Waals surface area contributed by atoms with E-state index >= 15 is 0 Å². The lowest BCUT2D eigenvalue weighted by Crippen LogP contribution is -2.14. The summed E-state index contributed by atoms with van der Waals surface area (Å²) >= 11 is 0. The topological polar surface area (TPSA) is 57.9 Å². The van der Waals surface area contributed by atoms with Gasteiger partial charge in [0.05, 0.1) is 21.8 Å². The summed E-state index contributed by atoms with van der Waals surface area (Å²) in [5, 5.41) is 7.95. The number of rotatable bonds is 3. The molecule has 0 aliphatic heterocycles. The zero-order valence-corrected chi connectivity index (χ0v) is 9.16. The number of sulfone groups is 1. The molecule has 1 unspecified atom stereocenters. The molecule has 3 nitrogen and oxygen atoms in total. The van der Waals surface area contributed by atoms with Gasteiger partial charge in [0.15, 0.2) is 9.84 Å². The summed E-state index contributed by atoms with van der Waals surface area (Å²) in [7, 11) is -3.34. The van der Waals surface area contributed by atoms with Crippen molar-refractivity contribution in [2.24, 2.45) is 0 Å². The highest BCUT2D eigenvalue weighted by Gasteiger charge is 2.19. The Hall–Kier alpha value is -1.60. The molecule has 0 saturated carbocycles. The second-order valence-corrected chi connectivity index (χ2v) is 5.43. The molecule has 0 aliphatic rings. The van der Waals surface area contributed by atoms with Gasteiger partial charge in [-0.25, -0.2) is 8.42 Å². The maximum absolute atomic E-state index is 11.8. The lowest BCUT2D eigenvalue weighted by atomic mass is 10.2. The van der Waals surface area contributed by atoms with E-state index < -0.39 is 15.1 Å². The fourth-order valence-electron chi connectivity index (χ4n) is 1.06. The molecule has 0 amide bonds. The molecule has 15 heavy (non-hydrogen) atoms. The Morgan fingerprint density at radius 1 is 1.40 bits per heavy atom. The molecule has 0 saturated heterocycles. The first-order valence-electron chi connectivity index (χ1n) is 4.39. The molecule has 0 bridgehead atoms. The summed E-state index contributed by atoms with van der Waals surface area (Å²) < 4.78 is 23.6. The van der Waals surface area contributed by atoms with Crippen molar-refractivity contribution < 1.29 is 8.42 Å². The summed E-state index contributed by atoms with van der Waals surface area (Å²) in [4.78, 5) is 0.217. The first kappa shape index (κ1) is 11.5. The number of nitriles is 1. The average molecular weight is 221 g/mol. The molecule has 1 atom stereocenters. The number of hydrogen-bond acceptors (Lipinski definition) is 3. The van der Waals surface area contributed by atoms with Gasteiger partial charge in [-0.2, -0.15) is 5.26 Å². The van der Waals surface area contributed by atoms with Crippen molar-refractivity contribution in [3.05, 3.63) is 42.5 Å². The Morgan fingerprint density at radius 3 is 2.33 bits per heavy atom. The standard InChI is InChI=1S/C11H11NO2S/c1-3-9(2)15(13,14)11-6-4-10(8-12)5-7-11/h3-7,9H,1H2,2H3. The third-order valence-electron chi connectivity index (χ3n) is 2.13. The highest BCUT2D eigenvalue weighted by Crippen LogP contribution is 2.16. The van der Waals surface area contributed by atoms with Gasteiger partial charge < -0.3 is 0 Å². The molecule has 0 fully saturated rings. The van der Waals surface area contributed by atoms with Gasteiger partial charge >= 0.3 is 0 Å². The molecular formula is C11H11NO2S. The number of nitrogens with zero attached hydrogens (tertiary/aromatic N) is 1. The summed E-state index contributed by atoms with van der Waals surface area (Å²) in [5.74, 6) is 0. The molecule has 0 aromatic heterocycles. The molecule has 0 N–H and O–H groups in total. The van der Waals surface area contributed by atoms with Crippen LogP contribution in [0.5, 0.6) is 0 Å². The van der Waals surface area contributed by atoms with Gasteiger partial charge in [0.2, 0.25) is 0 Å². The Bertz CT molecular complexity index is 494. The Morgan fingerprint density at radius 2 is 1.93 bits per heavy atom. The van der Waals surface area contributed by atoms with Crippen LogP contribution in [-0.2, 0) is 9.84 Å². The van der Waals surface area contributed by atoms with Crippen molar-refractivity contribution >= 4 is 9.84 Å². The van der Waals surface area contributed by atoms with E-state index in [1.807, 2.05) is 6.07 Å². The first-order chi connectivity index (χ1) is 7.02. The third kappa shape index (κ3) is 2.25. The molecule has 1 aromatic carbocycles. The second kappa shape index (κ2) is 4.28. The number of benzene rings is 1. The molecule has 4 heteroatoms. The van der Waals surface area contributed by atoms with Crippen LogP contribution in [0.3, 0.4) is 0 Å². The SMILES string of the molecule is C=CC(C)S(=O)(=O)c1ccc(C#N)cc1. The smallest absolute Gasteiger partial charge is 0.184 e. The van der Waals surface area contributed by atoms with Crippen LogP contribution in [0.25, 0.3) is 0 Å². The Kier molecular flexibility index (Phi) is 3.28. The van der Waals surface area contributed by atoms with Crippen LogP contribution in [0, 0.1) is 11.3 Å². The van der Waals surface area contributed by atoms with Crippen LogP contribution in [0.15, 0.2) is 41.8 Å². The quantitative estimate of drug-likeness (QED) is 0.732. The van der Waals surface area contributed by atoms with E-state index in [2.05, 4.69) is 6.58 Å². The fraction of sp³-hybridized carbons (Fsp3) is 0.182. The van der Waals surface area contributed by atoms with Gasteiger partial charge in [-0.3, -0.25) is 0 Å². The van der Waals surface area contributed by atoms with Gasteiger partial charge in [0.25, 0.3) is 0 Å². The minimum absolute atomic E-state index is 0.217. The Labute approximate surface area is 89.6 Å². The molecular weight excluding hydrogens is 210 g/mol. The van der Waals surface area contributed by atoms with Crippen molar-refractivity contribution in [1.29, 1.82) is 5.26 Å². The van der Waals surface area contributed by atoms with Crippen LogP contribution in [0.2, 0.25) is 0 Å². The normalized spacial score (nSPS) is 12.8. The summed E-state index contributed by atoms with van der Waals surface area (Å²) in [6.45, 7) is 5.02. The minimum atomic E-state index is -3.34. The largest absolute Gasteiger partial charge is 0.223 e. The molecule has 0 radical (unpaired) electrons. The maximum atomic E-state index is 11.8. The first-order valence-corrected chi connectivity index (χ1v) is 5.93. The van der Waals surface area contributed by atoms with E-state index in [9.17, 15) is 8.42 Å². The average Bonchev–Trinajstić information content (AvgIpc) is 2.28. The molecule has 0 spiro atoms. The summed E-state index contributed by atoms with van der Waals surface area (Å²) in [5.41, 5.74) is 0.445. The van der Waals surface area contributed by atoms with Gasteiger partial charge in [-0.05, 0) is 31.2 Å². The van der Waals surface area contributed by atoms with Gasteiger partial charge in [0.1, 0.15) is 0 Å². The second-order valence-electron chi connectivity index (χ2n) is 3.12. The third-order valence-corrected chi connectivity index (χ3v) is 4.23. The lowest BCUT2D eigenvalue weighted by Gasteiger charge is -2.07. The van der Waals surface area contributed by atoms with Crippen molar-refractivity contribution in [2.75, 3.05) is 0 Å². The molecule has 1 rings (SSSR count). The zero-order chi connectivity index (χ0) is 11.5. The monoisotopic (exact) mass is 221 g/mol. The van der Waals surface area contributed by atoms with Crippen molar-refractivity contribution in [3.8, 4) is 6.07 Å². The summed E-state index contributed by atoms with van der Waals surface area (Å²) in [6.07, 6.45) is 1.38. The van der Waals surface area contributed by atoms with Crippen molar-refractivity contribution in [3.63, 3.8) is 0 Å². The summed E-state index contributed by atoms with van der Waals surface area (Å²) in [6, 6.07) is 7.79. The molecule has 0 heterocycles. The predicted molar refractivity (Wildman–Crippen MR) is 58.0 cm³/mol. The highest BCUT2D eigenvalue weighted by atomic mass is 32.2. The van der Waals surface area contributed by atoms with E-state index in [1.165, 1.54) is 30.3 Å². The highest BCUT2D eigenvalue weighted by molar-refractivity contribution is 7.92. The maximum Gasteiger partial charge on any atom is 0.184 e. The predicted octanol–water partition coefficient (Wildman–Crippen LogP) is 1.91. The van der Waals surface area contributed by atoms with Gasteiger partial charge in [-0.15, -0.1) is 6.58 Å². The van der Waals surface area contributed by atoms with Crippen molar-refractivity contribution in [1.82, 2.24) is 0 Å². The van der Waals surface area contributed by atoms with E-state index in [-0.39, 0.29) is 4.90 Å². The van der Waals surface area contributed by atoms with Crippen molar-refractivity contribution in [2.45, 2.75) is 17.1 Å². The van der Waals surface area contributed by atoms with Crippen LogP contribution in [0.1, 0.15) is 12.5 Å². The van der Waals surface area contributed by atoms with E-state index in [0.29, 0.717) is 5.56 Å². The van der Waals surface area contributed by atoms with E-state index in [1.54, 1.807) is 6.92 Å². The minimum Gasteiger partial charge on any atom is -0.223 e. The zero-order valence-electron chi connectivity index (χ0n) is 8.34. The van der Waals surface area contributed by atoms with E-state index in [4.69, 9.17) is 5.26 Å². The fourth-order valence-corrected chi connectivity index (χ4v) is 2.26. The molecule has 0 aliphatic carbocycles. The van der Waals surface area contributed by atoms with Crippen LogP contribution < -0.4 is 0 Å². The van der Waals surface area contributed by atoms with Gasteiger partial charge in [-0.1, -0.05) is 6.08 Å². The van der Waals surface area contributed by atoms with Crippen LogP contribution >= 0.6 is 0 Å². The number of hydrogen-bond donors (Lipinski definition) is 0. The van der Waals surface area contributed by atoms with E-state index in [0.717, 1.165) is 0 Å². The lowest BCUT2D eigenvalue weighted by molar-refractivity contribution is 0.591. The Balaban J connectivity index is 3.18.